The first-order chi connectivity index (χ1) is 13.7. The van der Waals surface area contributed by atoms with Crippen LogP contribution in [0.1, 0.15) is 5.56 Å². The highest BCUT2D eigenvalue weighted by Crippen LogP contribution is 2.34. The maximum atomic E-state index is 12.2. The van der Waals surface area contributed by atoms with Crippen LogP contribution in [0.5, 0.6) is 11.5 Å². The molecule has 0 unspecified atom stereocenters. The minimum absolute atomic E-state index is 0.0440. The van der Waals surface area contributed by atoms with Gasteiger partial charge in [0.05, 0.1) is 24.1 Å². The molecule has 2 aromatic heterocycles. The molecule has 12 heteroatoms. The first-order valence-corrected chi connectivity index (χ1v) is 9.03. The standard InChI is InChI=1S/C17H17BrN6O5/c1-22-15-13(16(27)23(2)17(22)28)19-8-24(15)7-12(25)21-20-6-9-4-10(18)14(26)11(5-9)29-3/h4-6,8,26H,7H2,1-3H3,(H,21,25)/b20-6-. The molecule has 0 saturated heterocycles. The number of ether oxygens (including phenoxy) is 1. The van der Waals surface area contributed by atoms with Crippen LogP contribution in [0.15, 0.2) is 37.6 Å². The molecule has 2 heterocycles. The number of carbonyl (C=O) groups is 1. The lowest BCUT2D eigenvalue weighted by atomic mass is 10.2. The second-order valence-electron chi connectivity index (χ2n) is 6.10. The maximum Gasteiger partial charge on any atom is 0.332 e. The lowest BCUT2D eigenvalue weighted by molar-refractivity contribution is -0.121. The van der Waals surface area contributed by atoms with Crippen molar-refractivity contribution in [3.63, 3.8) is 0 Å². The maximum absolute atomic E-state index is 12.2. The third-order valence-corrected chi connectivity index (χ3v) is 4.80. The van der Waals surface area contributed by atoms with Gasteiger partial charge in [0.15, 0.2) is 17.0 Å². The Morgan fingerprint density at radius 3 is 2.76 bits per heavy atom. The Hall–Kier alpha value is -3.41. The molecule has 0 aliphatic heterocycles. The fourth-order valence-corrected chi connectivity index (χ4v) is 3.21. The van der Waals surface area contributed by atoms with Crippen molar-refractivity contribution in [2.45, 2.75) is 6.54 Å². The number of halogens is 1. The van der Waals surface area contributed by atoms with Crippen molar-refractivity contribution in [3.8, 4) is 11.5 Å². The Morgan fingerprint density at radius 2 is 2.07 bits per heavy atom. The molecule has 29 heavy (non-hydrogen) atoms. The van der Waals surface area contributed by atoms with Gasteiger partial charge in [-0.2, -0.15) is 5.10 Å². The lowest BCUT2D eigenvalue weighted by Gasteiger charge is -2.08. The number of imidazole rings is 1. The second-order valence-corrected chi connectivity index (χ2v) is 6.95. The van der Waals surface area contributed by atoms with E-state index in [1.165, 1.54) is 42.9 Å². The van der Waals surface area contributed by atoms with E-state index in [2.05, 4.69) is 31.4 Å². The van der Waals surface area contributed by atoms with Gasteiger partial charge in [-0.05, 0) is 33.6 Å². The van der Waals surface area contributed by atoms with E-state index in [9.17, 15) is 19.5 Å². The molecule has 3 rings (SSSR count). The molecule has 1 aromatic carbocycles. The third-order valence-electron chi connectivity index (χ3n) is 4.20. The van der Waals surface area contributed by atoms with Gasteiger partial charge in [0, 0.05) is 14.1 Å². The van der Waals surface area contributed by atoms with Crippen molar-refractivity contribution in [1.29, 1.82) is 0 Å². The van der Waals surface area contributed by atoms with Gasteiger partial charge in [0.2, 0.25) is 0 Å². The van der Waals surface area contributed by atoms with E-state index in [0.29, 0.717) is 10.0 Å². The van der Waals surface area contributed by atoms with Gasteiger partial charge >= 0.3 is 5.69 Å². The third kappa shape index (κ3) is 3.78. The number of phenolic OH excluding ortho intramolecular Hbond substituents is 1. The van der Waals surface area contributed by atoms with Crippen molar-refractivity contribution >= 4 is 39.2 Å². The zero-order valence-electron chi connectivity index (χ0n) is 15.7. The summed E-state index contributed by atoms with van der Waals surface area (Å²) in [6.45, 7) is -0.198. The zero-order chi connectivity index (χ0) is 21.3. The zero-order valence-corrected chi connectivity index (χ0v) is 17.3. The number of hydrazone groups is 1. The van der Waals surface area contributed by atoms with Crippen LogP contribution < -0.4 is 21.4 Å². The lowest BCUT2D eigenvalue weighted by Crippen LogP contribution is -2.37. The molecule has 0 spiro atoms. The largest absolute Gasteiger partial charge is 0.503 e. The molecule has 0 atom stereocenters. The molecule has 0 radical (unpaired) electrons. The molecular weight excluding hydrogens is 448 g/mol. The fraction of sp³-hybridized carbons (Fsp3) is 0.235. The number of hydrogen-bond acceptors (Lipinski definition) is 7. The van der Waals surface area contributed by atoms with Crippen molar-refractivity contribution < 1.29 is 14.6 Å². The van der Waals surface area contributed by atoms with E-state index in [4.69, 9.17) is 4.74 Å². The predicted octanol–water partition coefficient (Wildman–Crippen LogP) is 0.0607. The minimum atomic E-state index is -0.535. The van der Waals surface area contributed by atoms with Crippen LogP contribution in [0.2, 0.25) is 0 Å². The summed E-state index contributed by atoms with van der Waals surface area (Å²) in [5, 5.41) is 13.7. The normalized spacial score (nSPS) is 11.3. The van der Waals surface area contributed by atoms with Gasteiger partial charge in [-0.25, -0.2) is 15.2 Å². The summed E-state index contributed by atoms with van der Waals surface area (Å²) in [5.74, 6) is -0.282. The van der Waals surface area contributed by atoms with Gasteiger partial charge < -0.3 is 14.4 Å². The van der Waals surface area contributed by atoms with Crippen LogP contribution in [-0.4, -0.2) is 43.0 Å². The highest BCUT2D eigenvalue weighted by Gasteiger charge is 2.15. The van der Waals surface area contributed by atoms with Crippen molar-refractivity contribution in [1.82, 2.24) is 24.1 Å². The average Bonchev–Trinajstić information content (AvgIpc) is 3.10. The molecule has 0 saturated carbocycles. The number of benzene rings is 1. The first kappa shape index (κ1) is 20.3. The van der Waals surface area contributed by atoms with Crippen LogP contribution in [0.25, 0.3) is 11.2 Å². The van der Waals surface area contributed by atoms with Crippen LogP contribution in [0, 0.1) is 0 Å². The molecule has 0 aliphatic rings. The van der Waals surface area contributed by atoms with Crippen molar-refractivity contribution in [3.05, 3.63) is 49.3 Å². The summed E-state index contributed by atoms with van der Waals surface area (Å²) in [6, 6.07) is 3.15. The number of aryl methyl sites for hydroxylation is 1. The molecule has 2 N–H and O–H groups in total. The Kier molecular flexibility index (Phi) is 5.55. The number of carbonyl (C=O) groups excluding carboxylic acids is 1. The summed E-state index contributed by atoms with van der Waals surface area (Å²) in [4.78, 5) is 40.5. The van der Waals surface area contributed by atoms with Crippen molar-refractivity contribution in [2.24, 2.45) is 19.2 Å². The number of nitrogens with one attached hydrogen (secondary N) is 1. The molecule has 3 aromatic rings. The number of aromatic nitrogens is 4. The molecule has 11 nitrogen and oxygen atoms in total. The highest BCUT2D eigenvalue weighted by molar-refractivity contribution is 9.10. The van der Waals surface area contributed by atoms with E-state index < -0.39 is 17.2 Å². The number of phenols is 1. The van der Waals surface area contributed by atoms with Gasteiger partial charge in [0.1, 0.15) is 12.2 Å². The quantitative estimate of drug-likeness (QED) is 0.405. The Labute approximate surface area is 172 Å². The summed E-state index contributed by atoms with van der Waals surface area (Å²) in [5.41, 5.74) is 2.21. The molecular formula is C17H17BrN6O5. The number of nitrogens with zero attached hydrogens (tertiary/aromatic N) is 5. The van der Waals surface area contributed by atoms with Crippen LogP contribution in [0.4, 0.5) is 0 Å². The van der Waals surface area contributed by atoms with Crippen molar-refractivity contribution in [2.75, 3.05) is 7.11 Å². The van der Waals surface area contributed by atoms with Crippen LogP contribution in [0.3, 0.4) is 0 Å². The molecule has 1 amide bonds. The summed E-state index contributed by atoms with van der Waals surface area (Å²) in [7, 11) is 4.27. The van der Waals surface area contributed by atoms with Gasteiger partial charge in [-0.15, -0.1) is 0 Å². The van der Waals surface area contributed by atoms with E-state index in [1.54, 1.807) is 12.1 Å². The summed E-state index contributed by atoms with van der Waals surface area (Å²) < 4.78 is 9.06. The Morgan fingerprint density at radius 1 is 1.34 bits per heavy atom. The molecule has 0 aliphatic carbocycles. The summed E-state index contributed by atoms with van der Waals surface area (Å²) in [6.07, 6.45) is 2.69. The Balaban J connectivity index is 1.79. The number of aromatic hydroxyl groups is 1. The van der Waals surface area contributed by atoms with Gasteiger partial charge in [-0.3, -0.25) is 18.7 Å². The van der Waals surface area contributed by atoms with Gasteiger partial charge in [-0.1, -0.05) is 0 Å². The van der Waals surface area contributed by atoms with E-state index >= 15 is 0 Å². The molecule has 0 bridgehead atoms. The first-order valence-electron chi connectivity index (χ1n) is 8.23. The smallest absolute Gasteiger partial charge is 0.332 e. The topological polar surface area (TPSA) is 133 Å². The predicted molar refractivity (Wildman–Crippen MR) is 108 cm³/mol. The Bertz CT molecular complexity index is 1260. The number of methoxy groups -OCH3 is 1. The minimum Gasteiger partial charge on any atom is -0.503 e. The van der Waals surface area contributed by atoms with Crippen LogP contribution >= 0.6 is 15.9 Å². The number of amides is 1. The van der Waals surface area contributed by atoms with E-state index in [-0.39, 0.29) is 29.2 Å². The number of fused-ring (bicyclic) bond motifs is 1. The second kappa shape index (κ2) is 7.91. The summed E-state index contributed by atoms with van der Waals surface area (Å²) >= 11 is 3.20. The van der Waals surface area contributed by atoms with Gasteiger partial charge in [0.25, 0.3) is 11.5 Å². The molecule has 152 valence electrons. The number of rotatable bonds is 5. The monoisotopic (exact) mass is 464 g/mol. The highest BCUT2D eigenvalue weighted by atomic mass is 79.9. The van der Waals surface area contributed by atoms with E-state index in [0.717, 1.165) is 4.57 Å². The SMILES string of the molecule is COc1cc(/C=N\NC(=O)Cn2cnc3c(=O)n(C)c(=O)n(C)c32)cc(Br)c1O. The van der Waals surface area contributed by atoms with E-state index in [1.807, 2.05) is 0 Å². The average molecular weight is 465 g/mol. The molecule has 0 fully saturated rings. The van der Waals surface area contributed by atoms with Crippen LogP contribution in [-0.2, 0) is 25.4 Å². The fourth-order valence-electron chi connectivity index (χ4n) is 2.75. The number of hydrogen-bond donors (Lipinski definition) is 2.